The molecule has 0 spiro atoms. The number of piperidine rings is 1. The lowest BCUT2D eigenvalue weighted by Gasteiger charge is -2.37. The zero-order chi connectivity index (χ0) is 15.9. The highest BCUT2D eigenvalue weighted by atomic mass is 35.5. The van der Waals surface area contributed by atoms with E-state index in [-0.39, 0.29) is 6.04 Å². The van der Waals surface area contributed by atoms with Crippen molar-refractivity contribution in [2.75, 3.05) is 39.2 Å². The molecule has 0 unspecified atom stereocenters. The van der Waals surface area contributed by atoms with E-state index in [4.69, 9.17) is 16.3 Å². The van der Waals surface area contributed by atoms with Gasteiger partial charge in [0.1, 0.15) is 0 Å². The fraction of sp³-hybridized carbons (Fsp3) is 1.00. The highest BCUT2D eigenvalue weighted by Crippen LogP contribution is 2.24. The average molecular weight is 341 g/mol. The van der Waals surface area contributed by atoms with Gasteiger partial charge in [0.05, 0.1) is 6.61 Å². The van der Waals surface area contributed by atoms with Crippen LogP contribution in [0.25, 0.3) is 0 Å². The number of rotatable bonds is 9. The summed E-state index contributed by atoms with van der Waals surface area (Å²) >= 11 is 5.87. The van der Waals surface area contributed by atoms with Crippen molar-refractivity contribution in [2.24, 2.45) is 5.92 Å². The van der Waals surface area contributed by atoms with Crippen LogP contribution in [-0.4, -0.2) is 62.3 Å². The van der Waals surface area contributed by atoms with Crippen LogP contribution in [-0.2, 0) is 14.9 Å². The van der Waals surface area contributed by atoms with Crippen LogP contribution in [0.2, 0.25) is 0 Å². The number of methoxy groups -OCH3 is 1. The van der Waals surface area contributed by atoms with Crippen LogP contribution in [0.4, 0.5) is 0 Å². The van der Waals surface area contributed by atoms with Gasteiger partial charge in [0, 0.05) is 38.7 Å². The molecule has 1 aliphatic heterocycles. The van der Waals surface area contributed by atoms with Crippen molar-refractivity contribution in [1.29, 1.82) is 0 Å². The van der Waals surface area contributed by atoms with Gasteiger partial charge in [0.25, 0.3) is 10.2 Å². The lowest BCUT2D eigenvalue weighted by molar-refractivity contribution is 0.156. The SMILES string of the molecule is CCC(CC)N(CCOC)S(=O)(=O)N1CCC(CCl)CC1. The summed E-state index contributed by atoms with van der Waals surface area (Å²) in [6, 6.07) is 0.0379. The maximum atomic E-state index is 12.9. The van der Waals surface area contributed by atoms with Crippen molar-refractivity contribution < 1.29 is 13.2 Å². The second-order valence-corrected chi connectivity index (χ2v) is 7.77. The summed E-state index contributed by atoms with van der Waals surface area (Å²) in [5.74, 6) is 1.06. The van der Waals surface area contributed by atoms with Gasteiger partial charge in [-0.25, -0.2) is 0 Å². The van der Waals surface area contributed by atoms with Gasteiger partial charge < -0.3 is 4.74 Å². The molecule has 0 N–H and O–H groups in total. The Bertz CT molecular complexity index is 380. The third-order valence-corrected chi connectivity index (χ3v) is 6.81. The molecule has 0 aromatic heterocycles. The van der Waals surface area contributed by atoms with E-state index in [1.54, 1.807) is 15.7 Å². The molecule has 0 amide bonds. The summed E-state index contributed by atoms with van der Waals surface area (Å²) in [5.41, 5.74) is 0. The van der Waals surface area contributed by atoms with Gasteiger partial charge >= 0.3 is 0 Å². The standard InChI is InChI=1S/C14H29ClN2O3S/c1-4-14(5-2)17(10-11-20-3)21(18,19)16-8-6-13(12-15)7-9-16/h13-14H,4-12H2,1-3H3. The number of hydrogen-bond acceptors (Lipinski definition) is 3. The Morgan fingerprint density at radius 1 is 1.29 bits per heavy atom. The summed E-state index contributed by atoms with van der Waals surface area (Å²) in [6.07, 6.45) is 3.34. The third kappa shape index (κ3) is 5.06. The van der Waals surface area contributed by atoms with Gasteiger partial charge in [-0.3, -0.25) is 0 Å². The van der Waals surface area contributed by atoms with Gasteiger partial charge in [-0.2, -0.15) is 17.0 Å². The Morgan fingerprint density at radius 2 is 1.86 bits per heavy atom. The van der Waals surface area contributed by atoms with Crippen molar-refractivity contribution in [3.05, 3.63) is 0 Å². The van der Waals surface area contributed by atoms with E-state index in [9.17, 15) is 8.42 Å². The second kappa shape index (κ2) is 9.30. The maximum Gasteiger partial charge on any atom is 0.282 e. The molecule has 21 heavy (non-hydrogen) atoms. The smallest absolute Gasteiger partial charge is 0.282 e. The Balaban J connectivity index is 2.83. The predicted octanol–water partition coefficient (Wildman–Crippen LogP) is 2.32. The molecule has 0 saturated carbocycles. The molecule has 1 aliphatic rings. The summed E-state index contributed by atoms with van der Waals surface area (Å²) in [7, 11) is -1.81. The molecule has 1 fully saturated rings. The lowest BCUT2D eigenvalue weighted by Crippen LogP contribution is -2.51. The predicted molar refractivity (Wildman–Crippen MR) is 86.9 cm³/mol. The largest absolute Gasteiger partial charge is 0.383 e. The first-order valence-corrected chi connectivity index (χ1v) is 9.76. The van der Waals surface area contributed by atoms with E-state index < -0.39 is 10.2 Å². The van der Waals surface area contributed by atoms with Gasteiger partial charge in [-0.05, 0) is 31.6 Å². The topological polar surface area (TPSA) is 49.9 Å². The normalized spacial score (nSPS) is 18.8. The summed E-state index contributed by atoms with van der Waals surface area (Å²) < 4.78 is 34.1. The molecule has 0 radical (unpaired) electrons. The van der Waals surface area contributed by atoms with E-state index in [0.29, 0.717) is 38.0 Å². The molecule has 0 aliphatic carbocycles. The van der Waals surface area contributed by atoms with Crippen LogP contribution in [0.1, 0.15) is 39.5 Å². The van der Waals surface area contributed by atoms with Crippen molar-refractivity contribution >= 4 is 21.8 Å². The summed E-state index contributed by atoms with van der Waals surface area (Å²) in [4.78, 5) is 0. The van der Waals surface area contributed by atoms with Gasteiger partial charge in [0.2, 0.25) is 0 Å². The second-order valence-electron chi connectivity index (χ2n) is 5.58. The molecule has 126 valence electrons. The van der Waals surface area contributed by atoms with Crippen LogP contribution in [0, 0.1) is 5.92 Å². The van der Waals surface area contributed by atoms with Gasteiger partial charge in [-0.1, -0.05) is 13.8 Å². The molecule has 1 heterocycles. The average Bonchev–Trinajstić information content (AvgIpc) is 2.51. The van der Waals surface area contributed by atoms with E-state index in [1.165, 1.54) is 0 Å². The Morgan fingerprint density at radius 3 is 2.29 bits per heavy atom. The summed E-state index contributed by atoms with van der Waals surface area (Å²) in [6.45, 7) is 6.05. The van der Waals surface area contributed by atoms with Crippen molar-refractivity contribution in [1.82, 2.24) is 8.61 Å². The highest BCUT2D eigenvalue weighted by molar-refractivity contribution is 7.86. The molecule has 0 bridgehead atoms. The first-order chi connectivity index (χ1) is 10.0. The van der Waals surface area contributed by atoms with Crippen LogP contribution < -0.4 is 0 Å². The zero-order valence-electron chi connectivity index (χ0n) is 13.4. The lowest BCUT2D eigenvalue weighted by atomic mass is 10.0. The third-order valence-electron chi connectivity index (χ3n) is 4.28. The van der Waals surface area contributed by atoms with E-state index in [2.05, 4.69) is 0 Å². The van der Waals surface area contributed by atoms with Crippen molar-refractivity contribution in [3.63, 3.8) is 0 Å². The number of halogens is 1. The minimum Gasteiger partial charge on any atom is -0.383 e. The fourth-order valence-corrected chi connectivity index (χ4v) is 5.06. The van der Waals surface area contributed by atoms with Crippen LogP contribution in [0.3, 0.4) is 0 Å². The first kappa shape index (κ1) is 19.2. The molecule has 5 nitrogen and oxygen atoms in total. The highest BCUT2D eigenvalue weighted by Gasteiger charge is 2.35. The molecular weight excluding hydrogens is 312 g/mol. The quantitative estimate of drug-likeness (QED) is 0.605. The monoisotopic (exact) mass is 340 g/mol. The van der Waals surface area contributed by atoms with Gasteiger partial charge in [-0.15, -0.1) is 11.6 Å². The van der Waals surface area contributed by atoms with Crippen molar-refractivity contribution in [2.45, 2.75) is 45.6 Å². The number of ether oxygens (including phenoxy) is 1. The molecule has 1 rings (SSSR count). The molecule has 0 aromatic carbocycles. The number of alkyl halides is 1. The summed E-state index contributed by atoms with van der Waals surface area (Å²) in [5, 5.41) is 0. The van der Waals surface area contributed by atoms with Crippen LogP contribution >= 0.6 is 11.6 Å². The minimum absolute atomic E-state index is 0.0379. The molecular formula is C14H29ClN2O3S. The minimum atomic E-state index is -3.41. The van der Waals surface area contributed by atoms with E-state index >= 15 is 0 Å². The van der Waals surface area contributed by atoms with E-state index in [1.807, 2.05) is 13.8 Å². The maximum absolute atomic E-state index is 12.9. The zero-order valence-corrected chi connectivity index (χ0v) is 15.0. The van der Waals surface area contributed by atoms with Crippen LogP contribution in [0.15, 0.2) is 0 Å². The molecule has 7 heteroatoms. The fourth-order valence-electron chi connectivity index (χ4n) is 2.81. The van der Waals surface area contributed by atoms with Gasteiger partial charge in [0.15, 0.2) is 0 Å². The Labute approximate surface area is 134 Å². The molecule has 0 aromatic rings. The number of hydrogen-bond donors (Lipinski definition) is 0. The molecule has 1 saturated heterocycles. The first-order valence-electron chi connectivity index (χ1n) is 7.83. The molecule has 0 atom stereocenters. The van der Waals surface area contributed by atoms with Crippen LogP contribution in [0.5, 0.6) is 0 Å². The van der Waals surface area contributed by atoms with Crippen molar-refractivity contribution in [3.8, 4) is 0 Å². The Hall–Kier alpha value is 0.120. The number of nitrogens with zero attached hydrogens (tertiary/aromatic N) is 2. The van der Waals surface area contributed by atoms with E-state index in [0.717, 1.165) is 25.7 Å². The Kier molecular flexibility index (Phi) is 8.49.